The van der Waals surface area contributed by atoms with Crippen LogP contribution in [0.5, 0.6) is 0 Å². The molecule has 1 aromatic carbocycles. The van der Waals surface area contributed by atoms with Crippen LogP contribution < -0.4 is 0 Å². The summed E-state index contributed by atoms with van der Waals surface area (Å²) in [7, 11) is 2.07. The van der Waals surface area contributed by atoms with Gasteiger partial charge in [0.05, 0.1) is 5.60 Å². The number of benzene rings is 1. The second-order valence-corrected chi connectivity index (χ2v) is 5.95. The Bertz CT molecular complexity index is 477. The summed E-state index contributed by atoms with van der Waals surface area (Å²) in [5.41, 5.74) is -1.11. The Morgan fingerprint density at radius 2 is 1.84 bits per heavy atom. The van der Waals surface area contributed by atoms with Gasteiger partial charge in [-0.2, -0.15) is 0 Å². The Kier molecular flexibility index (Phi) is 3.10. The van der Waals surface area contributed by atoms with Crippen molar-refractivity contribution in [2.75, 3.05) is 7.05 Å². The van der Waals surface area contributed by atoms with Crippen molar-refractivity contribution in [2.24, 2.45) is 0 Å². The minimum Gasteiger partial charge on any atom is -0.385 e. The quantitative estimate of drug-likeness (QED) is 0.845. The number of halogens is 2. The molecular weight excluding hydrogens is 248 g/mol. The van der Waals surface area contributed by atoms with Crippen molar-refractivity contribution < 1.29 is 13.9 Å². The first-order valence-corrected chi connectivity index (χ1v) is 6.90. The first kappa shape index (κ1) is 13.0. The molecule has 2 heterocycles. The summed E-state index contributed by atoms with van der Waals surface area (Å²) in [6, 6.07) is 4.61. The summed E-state index contributed by atoms with van der Waals surface area (Å²) in [5.74, 6) is -1.78. The van der Waals surface area contributed by atoms with Crippen molar-refractivity contribution in [3.05, 3.63) is 35.4 Å². The largest absolute Gasteiger partial charge is 0.385 e. The SMILES string of the molecule is CN1C2CCCC1CC(O)(c1cccc(F)c1F)C2. The molecule has 4 heteroatoms. The molecule has 2 saturated heterocycles. The molecule has 2 atom stereocenters. The van der Waals surface area contributed by atoms with Gasteiger partial charge >= 0.3 is 0 Å². The van der Waals surface area contributed by atoms with Crippen LogP contribution >= 0.6 is 0 Å². The van der Waals surface area contributed by atoms with E-state index in [4.69, 9.17) is 0 Å². The lowest BCUT2D eigenvalue weighted by Crippen LogP contribution is -2.55. The lowest BCUT2D eigenvalue weighted by Gasteiger charge is -2.50. The fourth-order valence-electron chi connectivity index (χ4n) is 3.73. The minimum absolute atomic E-state index is 0.123. The summed E-state index contributed by atoms with van der Waals surface area (Å²) < 4.78 is 27.3. The number of hydrogen-bond donors (Lipinski definition) is 1. The Labute approximate surface area is 112 Å². The predicted molar refractivity (Wildman–Crippen MR) is 68.7 cm³/mol. The molecule has 2 aliphatic rings. The topological polar surface area (TPSA) is 23.5 Å². The molecule has 0 saturated carbocycles. The van der Waals surface area contributed by atoms with Gasteiger partial charge in [-0.3, -0.25) is 0 Å². The molecule has 2 aliphatic heterocycles. The fraction of sp³-hybridized carbons (Fsp3) is 0.600. The Morgan fingerprint density at radius 1 is 1.21 bits per heavy atom. The third kappa shape index (κ3) is 2.07. The third-order valence-electron chi connectivity index (χ3n) is 4.83. The highest BCUT2D eigenvalue weighted by molar-refractivity contribution is 5.27. The molecule has 1 N–H and O–H groups in total. The zero-order valence-corrected chi connectivity index (χ0v) is 11.1. The van der Waals surface area contributed by atoms with Crippen molar-refractivity contribution in [3.8, 4) is 0 Å². The first-order chi connectivity index (χ1) is 9.01. The van der Waals surface area contributed by atoms with Gasteiger partial charge in [0.2, 0.25) is 0 Å². The molecular formula is C15H19F2NO. The van der Waals surface area contributed by atoms with Gasteiger partial charge in [0.1, 0.15) is 0 Å². The average molecular weight is 267 g/mol. The van der Waals surface area contributed by atoms with Gasteiger partial charge in [0.15, 0.2) is 11.6 Å². The number of aliphatic hydroxyl groups is 1. The highest BCUT2D eigenvalue weighted by atomic mass is 19.2. The molecule has 2 bridgehead atoms. The van der Waals surface area contributed by atoms with Gasteiger partial charge in [0, 0.05) is 17.6 Å². The second-order valence-electron chi connectivity index (χ2n) is 5.95. The lowest BCUT2D eigenvalue weighted by molar-refractivity contribution is -0.0894. The molecule has 0 amide bonds. The summed E-state index contributed by atoms with van der Waals surface area (Å²) in [6.07, 6.45) is 4.17. The van der Waals surface area contributed by atoms with E-state index in [1.54, 1.807) is 0 Å². The molecule has 2 unspecified atom stereocenters. The number of fused-ring (bicyclic) bond motifs is 2. The van der Waals surface area contributed by atoms with E-state index in [2.05, 4.69) is 11.9 Å². The fourth-order valence-corrected chi connectivity index (χ4v) is 3.73. The maximum Gasteiger partial charge on any atom is 0.164 e. The molecule has 2 fully saturated rings. The molecule has 0 aromatic heterocycles. The van der Waals surface area contributed by atoms with E-state index in [1.165, 1.54) is 12.1 Å². The molecule has 104 valence electrons. The number of nitrogens with zero attached hydrogens (tertiary/aromatic N) is 1. The van der Waals surface area contributed by atoms with Gasteiger partial charge in [-0.05, 0) is 38.8 Å². The standard InChI is InChI=1S/C15H19F2NO/c1-18-10-4-2-5-11(18)9-15(19,8-10)12-6-3-7-13(16)14(12)17/h3,6-7,10-11,19H,2,4-5,8-9H2,1H3. The summed E-state index contributed by atoms with van der Waals surface area (Å²) in [4.78, 5) is 2.29. The van der Waals surface area contributed by atoms with Gasteiger partial charge in [-0.25, -0.2) is 8.78 Å². The van der Waals surface area contributed by atoms with E-state index >= 15 is 0 Å². The average Bonchev–Trinajstić information content (AvgIpc) is 2.35. The van der Waals surface area contributed by atoms with Crippen LogP contribution in [-0.4, -0.2) is 29.1 Å². The zero-order valence-electron chi connectivity index (χ0n) is 11.1. The number of hydrogen-bond acceptors (Lipinski definition) is 2. The Morgan fingerprint density at radius 3 is 2.47 bits per heavy atom. The van der Waals surface area contributed by atoms with Crippen molar-refractivity contribution in [3.63, 3.8) is 0 Å². The Hall–Kier alpha value is -1.00. The van der Waals surface area contributed by atoms with E-state index in [1.807, 2.05) is 0 Å². The minimum atomic E-state index is -1.23. The molecule has 1 aromatic rings. The van der Waals surface area contributed by atoms with Gasteiger partial charge < -0.3 is 10.0 Å². The van der Waals surface area contributed by atoms with Crippen LogP contribution in [0.2, 0.25) is 0 Å². The van der Waals surface area contributed by atoms with E-state index in [0.717, 1.165) is 25.3 Å². The van der Waals surface area contributed by atoms with Crippen LogP contribution in [0.25, 0.3) is 0 Å². The highest BCUT2D eigenvalue weighted by Gasteiger charge is 2.46. The van der Waals surface area contributed by atoms with E-state index in [9.17, 15) is 13.9 Å². The van der Waals surface area contributed by atoms with Gasteiger partial charge in [-0.1, -0.05) is 18.6 Å². The zero-order chi connectivity index (χ0) is 13.6. The maximum atomic E-state index is 14.0. The van der Waals surface area contributed by atoms with Crippen molar-refractivity contribution >= 4 is 0 Å². The number of piperidine rings is 2. The van der Waals surface area contributed by atoms with Crippen molar-refractivity contribution in [2.45, 2.75) is 49.8 Å². The van der Waals surface area contributed by atoms with Crippen LogP contribution in [0.1, 0.15) is 37.7 Å². The number of rotatable bonds is 1. The first-order valence-electron chi connectivity index (χ1n) is 6.90. The van der Waals surface area contributed by atoms with Crippen LogP contribution in [-0.2, 0) is 5.60 Å². The van der Waals surface area contributed by atoms with Crippen LogP contribution in [0.15, 0.2) is 18.2 Å². The predicted octanol–water partition coefficient (Wildman–Crippen LogP) is 2.80. The summed E-state index contributed by atoms with van der Waals surface area (Å²) in [6.45, 7) is 0. The Balaban J connectivity index is 1.97. The van der Waals surface area contributed by atoms with Crippen LogP contribution in [0, 0.1) is 11.6 Å². The van der Waals surface area contributed by atoms with Crippen molar-refractivity contribution in [1.82, 2.24) is 4.90 Å². The molecule has 0 radical (unpaired) electrons. The maximum absolute atomic E-state index is 14.0. The molecule has 3 rings (SSSR count). The van der Waals surface area contributed by atoms with E-state index < -0.39 is 17.2 Å². The monoisotopic (exact) mass is 267 g/mol. The highest BCUT2D eigenvalue weighted by Crippen LogP contribution is 2.44. The summed E-state index contributed by atoms with van der Waals surface area (Å²) in [5, 5.41) is 10.8. The van der Waals surface area contributed by atoms with E-state index in [-0.39, 0.29) is 17.6 Å². The van der Waals surface area contributed by atoms with Gasteiger partial charge in [-0.15, -0.1) is 0 Å². The normalized spacial score (nSPS) is 35.4. The molecule has 0 spiro atoms. The third-order valence-corrected chi connectivity index (χ3v) is 4.83. The van der Waals surface area contributed by atoms with Crippen LogP contribution in [0.4, 0.5) is 8.78 Å². The lowest BCUT2D eigenvalue weighted by atomic mass is 9.72. The summed E-state index contributed by atoms with van der Waals surface area (Å²) >= 11 is 0. The molecule has 19 heavy (non-hydrogen) atoms. The van der Waals surface area contributed by atoms with Crippen molar-refractivity contribution in [1.29, 1.82) is 0 Å². The molecule has 0 aliphatic carbocycles. The van der Waals surface area contributed by atoms with Crippen LogP contribution in [0.3, 0.4) is 0 Å². The smallest absolute Gasteiger partial charge is 0.164 e. The van der Waals surface area contributed by atoms with E-state index in [0.29, 0.717) is 12.8 Å². The second kappa shape index (κ2) is 4.53. The molecule has 2 nitrogen and oxygen atoms in total. The van der Waals surface area contributed by atoms with Gasteiger partial charge in [0.25, 0.3) is 0 Å².